The Kier molecular flexibility index (Phi) is 4.41. The Morgan fingerprint density at radius 3 is 2.25 bits per heavy atom. The quantitative estimate of drug-likeness (QED) is 0.658. The molecule has 0 radical (unpaired) electrons. The lowest BCUT2D eigenvalue weighted by atomic mass is 10.1. The smallest absolute Gasteiger partial charge is 0.277 e. The van der Waals surface area contributed by atoms with Gasteiger partial charge in [-0.1, -0.05) is 36.4 Å². The fraction of sp³-hybridized carbons (Fsp3) is 0.0667. The van der Waals surface area contributed by atoms with Crippen molar-refractivity contribution >= 4 is 38.4 Å². The van der Waals surface area contributed by atoms with Gasteiger partial charge >= 0.3 is 6.18 Å². The Hall–Kier alpha value is -1.84. The molecule has 0 saturated carbocycles. The number of hydrogen-bond acceptors (Lipinski definition) is 4. The van der Waals surface area contributed by atoms with Crippen LogP contribution in [0.25, 0.3) is 11.1 Å². The molecule has 9 heteroatoms. The van der Waals surface area contributed by atoms with Crippen LogP contribution in [0.3, 0.4) is 0 Å². The molecule has 0 aliphatic rings. The van der Waals surface area contributed by atoms with Crippen molar-refractivity contribution in [2.24, 2.45) is 0 Å². The Balaban J connectivity index is 2.11. The molecule has 0 unspecified atom stereocenters. The maximum absolute atomic E-state index is 13.3. The third kappa shape index (κ3) is 3.33. The van der Waals surface area contributed by atoms with Crippen molar-refractivity contribution < 1.29 is 21.6 Å². The van der Waals surface area contributed by atoms with Crippen molar-refractivity contribution in [3.8, 4) is 11.1 Å². The van der Waals surface area contributed by atoms with Crippen LogP contribution in [0.2, 0.25) is 0 Å². The molecule has 2 aromatic heterocycles. The maximum Gasteiger partial charge on any atom is 0.426 e. The zero-order valence-electron chi connectivity index (χ0n) is 11.9. The highest BCUT2D eigenvalue weighted by molar-refractivity contribution is 7.94. The first-order chi connectivity index (χ1) is 11.3. The van der Waals surface area contributed by atoms with Gasteiger partial charge in [0.05, 0.1) is 5.69 Å². The van der Waals surface area contributed by atoms with Gasteiger partial charge in [0, 0.05) is 10.9 Å². The van der Waals surface area contributed by atoms with E-state index in [1.807, 2.05) is 0 Å². The molecule has 0 amide bonds. The zero-order chi connectivity index (χ0) is 17.4. The summed E-state index contributed by atoms with van der Waals surface area (Å²) in [5, 5.41) is 2.76. The molecule has 0 fully saturated rings. The number of nitrogens with one attached hydrogen (secondary N) is 1. The molecule has 0 atom stereocenters. The number of benzene rings is 1. The third-order valence-electron chi connectivity index (χ3n) is 3.12. The van der Waals surface area contributed by atoms with Crippen LogP contribution in [-0.4, -0.2) is 8.42 Å². The van der Waals surface area contributed by atoms with Gasteiger partial charge in [-0.25, -0.2) is 8.42 Å². The lowest BCUT2D eigenvalue weighted by molar-refractivity contribution is -0.133. The molecule has 3 rings (SSSR count). The number of hydrogen-bond donors (Lipinski definition) is 1. The largest absolute Gasteiger partial charge is 0.426 e. The van der Waals surface area contributed by atoms with Crippen molar-refractivity contribution in [1.82, 2.24) is 0 Å². The van der Waals surface area contributed by atoms with Gasteiger partial charge < -0.3 is 0 Å². The zero-order valence-corrected chi connectivity index (χ0v) is 14.3. The summed E-state index contributed by atoms with van der Waals surface area (Å²) in [5.74, 6) is 0. The van der Waals surface area contributed by atoms with E-state index in [-0.39, 0.29) is 15.5 Å². The summed E-state index contributed by atoms with van der Waals surface area (Å²) < 4.78 is 66.8. The van der Waals surface area contributed by atoms with E-state index in [1.165, 1.54) is 23.6 Å². The average molecular weight is 389 g/mol. The number of anilines is 1. The van der Waals surface area contributed by atoms with Crippen LogP contribution in [-0.2, 0) is 16.2 Å². The van der Waals surface area contributed by atoms with Crippen molar-refractivity contribution in [2.45, 2.75) is 10.4 Å². The third-order valence-corrected chi connectivity index (χ3v) is 6.90. The van der Waals surface area contributed by atoms with Crippen molar-refractivity contribution in [2.75, 3.05) is 4.72 Å². The number of thiophene rings is 2. The highest BCUT2D eigenvalue weighted by atomic mass is 32.2. The van der Waals surface area contributed by atoms with Crippen LogP contribution in [0, 0.1) is 0 Å². The van der Waals surface area contributed by atoms with Gasteiger partial charge in [0.2, 0.25) is 0 Å². The summed E-state index contributed by atoms with van der Waals surface area (Å²) in [6, 6.07) is 10.9. The van der Waals surface area contributed by atoms with E-state index in [9.17, 15) is 21.6 Å². The molecular weight excluding hydrogens is 379 g/mol. The fourth-order valence-electron chi connectivity index (χ4n) is 2.14. The van der Waals surface area contributed by atoms with Crippen molar-refractivity contribution in [3.63, 3.8) is 0 Å². The lowest BCUT2D eigenvalue weighted by Gasteiger charge is -2.12. The summed E-state index contributed by atoms with van der Waals surface area (Å²) >= 11 is 1.46. The minimum atomic E-state index is -4.57. The highest BCUT2D eigenvalue weighted by Crippen LogP contribution is 2.46. The molecule has 0 aliphatic heterocycles. The Bertz CT molecular complexity index is 930. The predicted molar refractivity (Wildman–Crippen MR) is 89.9 cm³/mol. The maximum atomic E-state index is 13.3. The summed E-state index contributed by atoms with van der Waals surface area (Å²) in [4.78, 5) is -0.836. The van der Waals surface area contributed by atoms with E-state index >= 15 is 0 Å². The van der Waals surface area contributed by atoms with E-state index in [4.69, 9.17) is 0 Å². The standard InChI is InChI=1S/C15H10F3NO2S3/c16-15(17,18)14-13(10-5-2-1-3-6-10)11(9-23-14)19-24(20,21)12-7-4-8-22-12/h1-9,19H. The Morgan fingerprint density at radius 2 is 1.67 bits per heavy atom. The number of sulfonamides is 1. The fourth-order valence-corrected chi connectivity index (χ4v) is 5.17. The molecule has 126 valence electrons. The molecule has 0 spiro atoms. The first-order valence-electron chi connectivity index (χ1n) is 6.59. The van der Waals surface area contributed by atoms with Crippen LogP contribution >= 0.6 is 22.7 Å². The molecule has 0 aliphatic carbocycles. The van der Waals surface area contributed by atoms with Crippen LogP contribution < -0.4 is 4.72 Å². The number of rotatable bonds is 4. The molecule has 1 aromatic carbocycles. The summed E-state index contributed by atoms with van der Waals surface area (Å²) in [6.45, 7) is 0. The number of halogens is 3. The highest BCUT2D eigenvalue weighted by Gasteiger charge is 2.37. The molecule has 3 aromatic rings. The minimum Gasteiger partial charge on any atom is -0.277 e. The van der Waals surface area contributed by atoms with Crippen LogP contribution in [0.1, 0.15) is 4.88 Å². The van der Waals surface area contributed by atoms with Crippen molar-refractivity contribution in [3.05, 3.63) is 58.1 Å². The molecule has 1 N–H and O–H groups in total. The normalized spacial score (nSPS) is 12.3. The topological polar surface area (TPSA) is 46.2 Å². The Labute approximate surface area is 144 Å². The molecule has 2 heterocycles. The molecule has 24 heavy (non-hydrogen) atoms. The summed E-state index contributed by atoms with van der Waals surface area (Å²) in [6.07, 6.45) is -4.57. The van der Waals surface area contributed by atoms with Gasteiger partial charge in [0.15, 0.2) is 0 Å². The monoisotopic (exact) mass is 389 g/mol. The summed E-state index contributed by atoms with van der Waals surface area (Å²) in [7, 11) is -3.92. The first kappa shape index (κ1) is 17.0. The Morgan fingerprint density at radius 1 is 0.958 bits per heavy atom. The summed E-state index contributed by atoms with van der Waals surface area (Å²) in [5.41, 5.74) is 0.0649. The van der Waals surface area contributed by atoms with Gasteiger partial charge in [-0.05, 0) is 17.0 Å². The van der Waals surface area contributed by atoms with E-state index in [1.54, 1.807) is 29.6 Å². The average Bonchev–Trinajstić information content (AvgIpc) is 3.16. The SMILES string of the molecule is O=S(=O)(Nc1csc(C(F)(F)F)c1-c1ccccc1)c1cccs1. The lowest BCUT2D eigenvalue weighted by Crippen LogP contribution is -2.12. The molecule has 3 nitrogen and oxygen atoms in total. The van der Waals surface area contributed by atoms with Gasteiger partial charge in [-0.2, -0.15) is 13.2 Å². The van der Waals surface area contributed by atoms with Gasteiger partial charge in [-0.15, -0.1) is 22.7 Å². The molecule has 0 saturated heterocycles. The second-order valence-corrected chi connectivity index (χ2v) is 8.49. The van der Waals surface area contributed by atoms with E-state index in [2.05, 4.69) is 4.72 Å². The van der Waals surface area contributed by atoms with Crippen LogP contribution in [0.4, 0.5) is 18.9 Å². The second kappa shape index (κ2) is 6.23. The van der Waals surface area contributed by atoms with E-state index in [0.717, 1.165) is 11.3 Å². The van der Waals surface area contributed by atoms with Gasteiger partial charge in [-0.3, -0.25) is 4.72 Å². The molecular formula is C15H10F3NO2S3. The van der Waals surface area contributed by atoms with E-state index < -0.39 is 21.1 Å². The van der Waals surface area contributed by atoms with E-state index in [0.29, 0.717) is 16.9 Å². The number of alkyl halides is 3. The van der Waals surface area contributed by atoms with Gasteiger partial charge in [0.25, 0.3) is 10.0 Å². The van der Waals surface area contributed by atoms with Crippen LogP contribution in [0.5, 0.6) is 0 Å². The van der Waals surface area contributed by atoms with Crippen LogP contribution in [0.15, 0.2) is 57.4 Å². The van der Waals surface area contributed by atoms with Gasteiger partial charge in [0.1, 0.15) is 9.09 Å². The predicted octanol–water partition coefficient (Wildman–Crippen LogP) is 5.30. The minimum absolute atomic E-state index is 0.0428. The van der Waals surface area contributed by atoms with Crippen molar-refractivity contribution in [1.29, 1.82) is 0 Å². The molecule has 0 bridgehead atoms. The second-order valence-electron chi connectivity index (χ2n) is 4.75. The first-order valence-corrected chi connectivity index (χ1v) is 9.84.